The fourth-order valence-electron chi connectivity index (χ4n) is 2.34. The highest BCUT2D eigenvalue weighted by Crippen LogP contribution is 2.23. The lowest BCUT2D eigenvalue weighted by atomic mass is 9.91. The van der Waals surface area contributed by atoms with Gasteiger partial charge in [-0.1, -0.05) is 26.7 Å². The van der Waals surface area contributed by atoms with Gasteiger partial charge in [-0.3, -0.25) is 9.48 Å². The van der Waals surface area contributed by atoms with Gasteiger partial charge in [-0.15, -0.1) is 0 Å². The van der Waals surface area contributed by atoms with Crippen LogP contribution in [-0.4, -0.2) is 15.6 Å². The molecule has 0 aromatic carbocycles. The molecule has 0 spiro atoms. The number of Topliss-reactive ketones (excluding diaryl/α,β-unsaturated/α-hetero) is 1. The van der Waals surface area contributed by atoms with Crippen LogP contribution in [0.15, 0.2) is 4.47 Å². The number of halogens is 1. The van der Waals surface area contributed by atoms with Crippen LogP contribution in [0.1, 0.15) is 50.9 Å². The predicted octanol–water partition coefficient (Wildman–Crippen LogP) is 3.82. The molecule has 0 fully saturated rings. The average molecular weight is 315 g/mol. The largest absolute Gasteiger partial charge is 0.299 e. The highest BCUT2D eigenvalue weighted by molar-refractivity contribution is 9.10. The van der Waals surface area contributed by atoms with Crippen molar-refractivity contribution in [2.75, 3.05) is 0 Å². The first-order valence-electron chi connectivity index (χ1n) is 6.71. The maximum atomic E-state index is 12.3. The summed E-state index contributed by atoms with van der Waals surface area (Å²) in [5.74, 6) is 0.560. The van der Waals surface area contributed by atoms with E-state index >= 15 is 0 Å². The Morgan fingerprint density at radius 2 is 1.89 bits per heavy atom. The van der Waals surface area contributed by atoms with Crippen LogP contribution in [-0.2, 0) is 18.3 Å². The summed E-state index contributed by atoms with van der Waals surface area (Å²) >= 11 is 3.52. The summed E-state index contributed by atoms with van der Waals surface area (Å²) < 4.78 is 2.79. The average Bonchev–Trinajstić information content (AvgIpc) is 2.55. The van der Waals surface area contributed by atoms with Crippen LogP contribution in [0, 0.1) is 12.8 Å². The van der Waals surface area contributed by atoms with Gasteiger partial charge in [0.25, 0.3) is 0 Å². The van der Waals surface area contributed by atoms with Gasteiger partial charge in [0, 0.05) is 19.4 Å². The van der Waals surface area contributed by atoms with Gasteiger partial charge >= 0.3 is 0 Å². The molecule has 0 atom stereocenters. The summed E-state index contributed by atoms with van der Waals surface area (Å²) in [5.41, 5.74) is 1.94. The van der Waals surface area contributed by atoms with Gasteiger partial charge in [0.2, 0.25) is 0 Å². The molecule has 0 saturated carbocycles. The van der Waals surface area contributed by atoms with Crippen molar-refractivity contribution in [1.29, 1.82) is 0 Å². The Hall–Kier alpha value is -0.640. The Morgan fingerprint density at radius 1 is 1.33 bits per heavy atom. The molecule has 1 rings (SSSR count). The van der Waals surface area contributed by atoms with Crippen molar-refractivity contribution in [1.82, 2.24) is 9.78 Å². The van der Waals surface area contributed by atoms with Crippen LogP contribution in [0.25, 0.3) is 0 Å². The van der Waals surface area contributed by atoms with Crippen LogP contribution in [0.3, 0.4) is 0 Å². The predicted molar refractivity (Wildman–Crippen MR) is 77.7 cm³/mol. The third-order valence-corrected chi connectivity index (χ3v) is 4.36. The summed E-state index contributed by atoms with van der Waals surface area (Å²) in [6.07, 6.45) is 4.63. The Labute approximate surface area is 118 Å². The van der Waals surface area contributed by atoms with E-state index in [0.717, 1.165) is 41.5 Å². The molecule has 0 aliphatic rings. The highest BCUT2D eigenvalue weighted by Gasteiger charge is 2.20. The van der Waals surface area contributed by atoms with Gasteiger partial charge < -0.3 is 0 Å². The van der Waals surface area contributed by atoms with Crippen LogP contribution in [0.5, 0.6) is 0 Å². The Morgan fingerprint density at radius 3 is 2.28 bits per heavy atom. The van der Waals surface area contributed by atoms with Gasteiger partial charge in [0.1, 0.15) is 5.78 Å². The van der Waals surface area contributed by atoms with E-state index in [4.69, 9.17) is 0 Å². The zero-order valence-electron chi connectivity index (χ0n) is 11.8. The number of ketones is 1. The van der Waals surface area contributed by atoms with Crippen molar-refractivity contribution in [3.63, 3.8) is 0 Å². The van der Waals surface area contributed by atoms with E-state index in [-0.39, 0.29) is 5.92 Å². The van der Waals surface area contributed by atoms with E-state index in [2.05, 4.69) is 34.9 Å². The third kappa shape index (κ3) is 3.67. The summed E-state index contributed by atoms with van der Waals surface area (Å²) in [7, 11) is 1.90. The molecule has 3 nitrogen and oxygen atoms in total. The van der Waals surface area contributed by atoms with Crippen LogP contribution >= 0.6 is 15.9 Å². The summed E-state index contributed by atoms with van der Waals surface area (Å²) in [4.78, 5) is 12.3. The van der Waals surface area contributed by atoms with Crippen molar-refractivity contribution in [2.24, 2.45) is 13.0 Å². The minimum Gasteiger partial charge on any atom is -0.299 e. The number of carbonyl (C=O) groups is 1. The molecule has 0 aliphatic heterocycles. The second-order valence-electron chi connectivity index (χ2n) is 4.89. The Balaban J connectivity index is 2.78. The molecule has 0 amide bonds. The van der Waals surface area contributed by atoms with Gasteiger partial charge in [0.15, 0.2) is 0 Å². The fourth-order valence-corrected chi connectivity index (χ4v) is 2.82. The quantitative estimate of drug-likeness (QED) is 0.767. The molecule has 18 heavy (non-hydrogen) atoms. The van der Waals surface area contributed by atoms with E-state index in [1.807, 2.05) is 18.7 Å². The van der Waals surface area contributed by atoms with E-state index < -0.39 is 0 Å². The van der Waals surface area contributed by atoms with Gasteiger partial charge in [-0.25, -0.2) is 0 Å². The second kappa shape index (κ2) is 7.07. The Kier molecular flexibility index (Phi) is 6.06. The molecule has 4 heteroatoms. The van der Waals surface area contributed by atoms with E-state index in [1.54, 1.807) is 0 Å². The third-order valence-electron chi connectivity index (χ3n) is 3.33. The lowest BCUT2D eigenvalue weighted by molar-refractivity contribution is -0.122. The Bertz CT molecular complexity index is 406. The fraction of sp³-hybridized carbons (Fsp3) is 0.714. The normalized spacial score (nSPS) is 11.2. The molecule has 0 bridgehead atoms. The number of aromatic nitrogens is 2. The number of carbonyl (C=O) groups excluding carboxylic acids is 1. The number of aryl methyl sites for hydroxylation is 2. The molecule has 0 N–H and O–H groups in total. The number of hydrogen-bond donors (Lipinski definition) is 0. The van der Waals surface area contributed by atoms with Crippen LogP contribution in [0.2, 0.25) is 0 Å². The van der Waals surface area contributed by atoms with Crippen LogP contribution < -0.4 is 0 Å². The topological polar surface area (TPSA) is 34.9 Å². The summed E-state index contributed by atoms with van der Waals surface area (Å²) in [6, 6.07) is 0. The maximum absolute atomic E-state index is 12.3. The number of hydrogen-bond acceptors (Lipinski definition) is 2. The smallest absolute Gasteiger partial charge is 0.141 e. The zero-order valence-corrected chi connectivity index (χ0v) is 13.4. The zero-order chi connectivity index (χ0) is 13.7. The van der Waals surface area contributed by atoms with E-state index in [0.29, 0.717) is 12.2 Å². The van der Waals surface area contributed by atoms with Crippen molar-refractivity contribution in [2.45, 2.75) is 52.9 Å². The molecule has 1 aromatic heterocycles. The molecule has 0 unspecified atom stereocenters. The molecule has 0 saturated heterocycles. The molecule has 102 valence electrons. The van der Waals surface area contributed by atoms with Crippen molar-refractivity contribution < 1.29 is 4.79 Å². The lowest BCUT2D eigenvalue weighted by Gasteiger charge is -2.14. The molecule has 0 aliphatic carbocycles. The summed E-state index contributed by atoms with van der Waals surface area (Å²) in [5, 5.41) is 4.33. The maximum Gasteiger partial charge on any atom is 0.141 e. The molecular formula is C14H23BrN2O. The van der Waals surface area contributed by atoms with Crippen molar-refractivity contribution in [3.8, 4) is 0 Å². The van der Waals surface area contributed by atoms with Crippen molar-refractivity contribution >= 4 is 21.7 Å². The minimum atomic E-state index is 0.210. The number of rotatable bonds is 7. The molecular weight excluding hydrogens is 292 g/mol. The first-order valence-corrected chi connectivity index (χ1v) is 7.51. The highest BCUT2D eigenvalue weighted by atomic mass is 79.9. The van der Waals surface area contributed by atoms with Gasteiger partial charge in [-0.05, 0) is 35.7 Å². The molecule has 1 heterocycles. The van der Waals surface area contributed by atoms with E-state index in [1.165, 1.54) is 0 Å². The molecule has 0 radical (unpaired) electrons. The standard InChI is InChI=1S/C14H23BrN2O/c1-5-7-11(8-6-2)13(18)9-12-14(15)10(3)16-17(12)4/h11H,5-9H2,1-4H3. The van der Waals surface area contributed by atoms with E-state index in [9.17, 15) is 4.79 Å². The van der Waals surface area contributed by atoms with Crippen molar-refractivity contribution in [3.05, 3.63) is 15.9 Å². The minimum absolute atomic E-state index is 0.210. The first kappa shape index (κ1) is 15.4. The monoisotopic (exact) mass is 314 g/mol. The summed E-state index contributed by atoms with van der Waals surface area (Å²) in [6.45, 7) is 6.23. The first-order chi connectivity index (χ1) is 8.51. The molecule has 1 aromatic rings. The van der Waals surface area contributed by atoms with Crippen LogP contribution in [0.4, 0.5) is 0 Å². The lowest BCUT2D eigenvalue weighted by Crippen LogP contribution is -2.18. The number of nitrogens with zero attached hydrogens (tertiary/aromatic N) is 2. The second-order valence-corrected chi connectivity index (χ2v) is 5.68. The SMILES string of the molecule is CCCC(CCC)C(=O)Cc1c(Br)c(C)nn1C. The van der Waals surface area contributed by atoms with Gasteiger partial charge in [0.05, 0.1) is 15.9 Å². The van der Waals surface area contributed by atoms with Gasteiger partial charge in [-0.2, -0.15) is 5.10 Å².